The van der Waals surface area contributed by atoms with E-state index >= 15 is 0 Å². The fourth-order valence-corrected chi connectivity index (χ4v) is 4.30. The highest BCUT2D eigenvalue weighted by molar-refractivity contribution is 6.30. The van der Waals surface area contributed by atoms with Gasteiger partial charge in [-0.3, -0.25) is 14.4 Å². The van der Waals surface area contributed by atoms with Crippen molar-refractivity contribution in [3.8, 4) is 0 Å². The molecule has 0 bridgehead atoms. The zero-order valence-corrected chi connectivity index (χ0v) is 19.7. The Morgan fingerprint density at radius 2 is 1.63 bits per heavy atom. The summed E-state index contributed by atoms with van der Waals surface area (Å²) in [6.45, 7) is 1.81. The number of hydrogen-bond donors (Lipinski definition) is 1. The Hall–Kier alpha value is -4.22. The maximum Gasteiger partial charge on any atom is 0.244 e. The van der Waals surface area contributed by atoms with Crippen LogP contribution in [0, 0.1) is 6.92 Å². The van der Waals surface area contributed by atoms with E-state index in [2.05, 4.69) is 5.32 Å². The van der Waals surface area contributed by atoms with E-state index in [1.54, 1.807) is 53.1 Å². The number of nitrogens with zero attached hydrogens (tertiary/aromatic N) is 1. The summed E-state index contributed by atoms with van der Waals surface area (Å²) in [5.41, 5.74) is 2.18. The molecule has 0 atom stereocenters. The largest absolute Gasteiger partial charge is 0.337 e. The number of hydrogen-bond acceptors (Lipinski definition) is 3. The quantitative estimate of drug-likeness (QED) is 0.314. The molecule has 1 N–H and O–H groups in total. The fraction of sp³-hybridized carbons (Fsp3) is 0.0690. The first-order valence-electron chi connectivity index (χ1n) is 11.1. The fourth-order valence-electron chi connectivity index (χ4n) is 4.18. The van der Waals surface area contributed by atoms with Gasteiger partial charge in [0, 0.05) is 27.9 Å². The summed E-state index contributed by atoms with van der Waals surface area (Å²) in [6.07, 6.45) is 1.49. The lowest BCUT2D eigenvalue weighted by Gasteiger charge is -2.14. The molecule has 1 amide bonds. The molecule has 35 heavy (non-hydrogen) atoms. The number of halogens is 1. The maximum atomic E-state index is 13.5. The van der Waals surface area contributed by atoms with Crippen molar-refractivity contribution in [2.75, 3.05) is 5.32 Å². The van der Waals surface area contributed by atoms with Crippen molar-refractivity contribution in [3.63, 3.8) is 0 Å². The number of aromatic nitrogens is 1. The monoisotopic (exact) mass is 480 g/mol. The number of anilines is 1. The van der Waals surface area contributed by atoms with E-state index in [1.165, 1.54) is 6.20 Å². The molecule has 5 aromatic rings. The standard InChI is InChI=1S/C29H21ClN2O3/c1-18-6-13-26-24(14-18)29(35)25(28(34)21-8-7-19-4-2-3-5-20(19)15-21)16-32(26)17-27(33)31-23-11-9-22(30)10-12-23/h2-16H,17H2,1H3,(H,31,33). The van der Waals surface area contributed by atoms with Crippen molar-refractivity contribution in [1.82, 2.24) is 4.57 Å². The van der Waals surface area contributed by atoms with Gasteiger partial charge in [0.1, 0.15) is 6.54 Å². The van der Waals surface area contributed by atoms with E-state index in [9.17, 15) is 14.4 Å². The van der Waals surface area contributed by atoms with Crippen LogP contribution in [-0.2, 0) is 11.3 Å². The Bertz CT molecular complexity index is 1670. The van der Waals surface area contributed by atoms with Crippen LogP contribution in [0.5, 0.6) is 0 Å². The van der Waals surface area contributed by atoms with E-state index in [-0.39, 0.29) is 29.2 Å². The van der Waals surface area contributed by atoms with Crippen LogP contribution >= 0.6 is 11.6 Å². The van der Waals surface area contributed by atoms with Crippen molar-refractivity contribution in [2.45, 2.75) is 13.5 Å². The molecule has 0 aliphatic heterocycles. The normalized spacial score (nSPS) is 11.0. The topological polar surface area (TPSA) is 68.2 Å². The second kappa shape index (κ2) is 9.20. The molecule has 0 saturated heterocycles. The molecule has 0 aliphatic carbocycles. The van der Waals surface area contributed by atoms with Crippen LogP contribution in [0.2, 0.25) is 5.02 Å². The van der Waals surface area contributed by atoms with Crippen molar-refractivity contribution >= 4 is 50.7 Å². The lowest BCUT2D eigenvalue weighted by molar-refractivity contribution is -0.116. The first-order valence-corrected chi connectivity index (χ1v) is 11.5. The van der Waals surface area contributed by atoms with Crippen LogP contribution < -0.4 is 10.7 Å². The van der Waals surface area contributed by atoms with Crippen LogP contribution in [0.3, 0.4) is 0 Å². The summed E-state index contributed by atoms with van der Waals surface area (Å²) < 4.78 is 1.65. The highest BCUT2D eigenvalue weighted by Crippen LogP contribution is 2.20. The first-order chi connectivity index (χ1) is 16.9. The molecule has 1 heterocycles. The average Bonchev–Trinajstić information content (AvgIpc) is 2.86. The smallest absolute Gasteiger partial charge is 0.244 e. The SMILES string of the molecule is Cc1ccc2c(c1)c(=O)c(C(=O)c1ccc3ccccc3c1)cn2CC(=O)Nc1ccc(Cl)cc1. The van der Waals surface area contributed by atoms with E-state index in [4.69, 9.17) is 11.6 Å². The Labute approximate surface area is 206 Å². The maximum absolute atomic E-state index is 13.5. The Kier molecular flexibility index (Phi) is 5.93. The highest BCUT2D eigenvalue weighted by Gasteiger charge is 2.19. The first kappa shape index (κ1) is 22.6. The molecule has 172 valence electrons. The number of amides is 1. The number of aryl methyl sites for hydroxylation is 1. The van der Waals surface area contributed by atoms with Crippen molar-refractivity contribution in [3.05, 3.63) is 123 Å². The van der Waals surface area contributed by atoms with Crippen molar-refractivity contribution < 1.29 is 9.59 Å². The number of fused-ring (bicyclic) bond motifs is 2. The van der Waals surface area contributed by atoms with E-state index in [1.807, 2.05) is 43.3 Å². The van der Waals surface area contributed by atoms with Gasteiger partial charge in [0.25, 0.3) is 0 Å². The van der Waals surface area contributed by atoms with Gasteiger partial charge in [-0.25, -0.2) is 0 Å². The molecule has 0 saturated carbocycles. The molecule has 6 heteroatoms. The van der Waals surface area contributed by atoms with Gasteiger partial charge >= 0.3 is 0 Å². The van der Waals surface area contributed by atoms with Crippen LogP contribution in [0.1, 0.15) is 21.5 Å². The molecule has 4 aromatic carbocycles. The summed E-state index contributed by atoms with van der Waals surface area (Å²) in [4.78, 5) is 39.7. The molecule has 5 nitrogen and oxygen atoms in total. The third-order valence-corrected chi connectivity index (χ3v) is 6.19. The average molecular weight is 481 g/mol. The highest BCUT2D eigenvalue weighted by atomic mass is 35.5. The Balaban J connectivity index is 1.56. The summed E-state index contributed by atoms with van der Waals surface area (Å²) >= 11 is 5.92. The summed E-state index contributed by atoms with van der Waals surface area (Å²) in [7, 11) is 0. The van der Waals surface area contributed by atoms with E-state index in [0.29, 0.717) is 27.2 Å². The predicted molar refractivity (Wildman–Crippen MR) is 140 cm³/mol. The van der Waals surface area contributed by atoms with E-state index < -0.39 is 0 Å². The summed E-state index contributed by atoms with van der Waals surface area (Å²) in [5, 5.41) is 5.72. The van der Waals surface area contributed by atoms with Gasteiger partial charge in [0.2, 0.25) is 11.3 Å². The molecule has 0 spiro atoms. The third kappa shape index (κ3) is 4.59. The number of pyridine rings is 1. The van der Waals surface area contributed by atoms with Crippen molar-refractivity contribution in [2.24, 2.45) is 0 Å². The molecule has 5 rings (SSSR count). The van der Waals surface area contributed by atoms with Gasteiger partial charge in [0.15, 0.2) is 5.78 Å². The minimum Gasteiger partial charge on any atom is -0.337 e. The number of rotatable bonds is 5. The van der Waals surface area contributed by atoms with Gasteiger partial charge < -0.3 is 9.88 Å². The van der Waals surface area contributed by atoms with Gasteiger partial charge in [-0.2, -0.15) is 0 Å². The van der Waals surface area contributed by atoms with Crippen LogP contribution in [-0.4, -0.2) is 16.3 Å². The van der Waals surface area contributed by atoms with E-state index in [0.717, 1.165) is 16.3 Å². The molecule has 0 radical (unpaired) electrons. The lowest BCUT2D eigenvalue weighted by atomic mass is 9.99. The third-order valence-electron chi connectivity index (χ3n) is 5.93. The van der Waals surface area contributed by atoms with Crippen LogP contribution in [0.25, 0.3) is 21.7 Å². The minimum atomic E-state index is -0.379. The number of nitrogens with one attached hydrogen (secondary N) is 1. The second-order valence-electron chi connectivity index (χ2n) is 8.47. The van der Waals surface area contributed by atoms with Gasteiger partial charge in [-0.15, -0.1) is 0 Å². The number of benzene rings is 4. The Morgan fingerprint density at radius 1 is 0.886 bits per heavy atom. The molecular weight excluding hydrogens is 460 g/mol. The number of ketones is 1. The molecule has 0 fully saturated rings. The molecule has 0 unspecified atom stereocenters. The second-order valence-corrected chi connectivity index (χ2v) is 8.90. The van der Waals surface area contributed by atoms with Crippen LogP contribution in [0.4, 0.5) is 5.69 Å². The predicted octanol–water partition coefficient (Wildman–Crippen LogP) is 5.99. The molecular formula is C29H21ClN2O3. The Morgan fingerprint density at radius 3 is 2.40 bits per heavy atom. The number of carbonyl (C=O) groups excluding carboxylic acids is 2. The van der Waals surface area contributed by atoms with Crippen molar-refractivity contribution in [1.29, 1.82) is 0 Å². The number of carbonyl (C=O) groups is 2. The lowest BCUT2D eigenvalue weighted by Crippen LogP contribution is -2.24. The zero-order chi connectivity index (χ0) is 24.5. The van der Waals surface area contributed by atoms with Gasteiger partial charge in [-0.05, 0) is 60.2 Å². The zero-order valence-electron chi connectivity index (χ0n) is 18.9. The minimum absolute atomic E-state index is 0.0256. The summed E-state index contributed by atoms with van der Waals surface area (Å²) in [5.74, 6) is -0.669. The van der Waals surface area contributed by atoms with Gasteiger partial charge in [0.05, 0.1) is 11.1 Å². The summed E-state index contributed by atoms with van der Waals surface area (Å²) in [6, 6.07) is 25.3. The van der Waals surface area contributed by atoms with Gasteiger partial charge in [-0.1, -0.05) is 59.6 Å². The molecule has 1 aromatic heterocycles. The van der Waals surface area contributed by atoms with Crippen LogP contribution in [0.15, 0.2) is 95.9 Å². The molecule has 0 aliphatic rings.